The van der Waals surface area contributed by atoms with Crippen molar-refractivity contribution >= 4 is 41.0 Å². The molecule has 0 radical (unpaired) electrons. The zero-order valence-corrected chi connectivity index (χ0v) is 10.1. The van der Waals surface area contributed by atoms with Gasteiger partial charge in [0.2, 0.25) is 0 Å². The zero-order valence-electron chi connectivity index (χ0n) is 8.49. The number of esters is 1. The van der Waals surface area contributed by atoms with Crippen LogP contribution in [0.2, 0.25) is 5.02 Å². The third-order valence-electron chi connectivity index (χ3n) is 2.02. The van der Waals surface area contributed by atoms with Gasteiger partial charge in [0.15, 0.2) is 0 Å². The molecule has 0 aliphatic rings. The number of ether oxygens (including phenoxy) is 1. The maximum Gasteiger partial charge on any atom is 0.341 e. The monoisotopic (exact) mass is 260 g/mol. The van der Waals surface area contributed by atoms with Crippen LogP contribution in [0.3, 0.4) is 0 Å². The summed E-state index contributed by atoms with van der Waals surface area (Å²) in [5.74, 6) is -0.446. The lowest BCUT2D eigenvalue weighted by Gasteiger charge is -2.03. The van der Waals surface area contributed by atoms with Crippen LogP contribution >= 0.6 is 24.0 Å². The number of hydrogen-bond acceptors (Lipinski definition) is 3. The van der Waals surface area contributed by atoms with Crippen LogP contribution in [-0.2, 0) is 4.74 Å². The fourth-order valence-corrected chi connectivity index (χ4v) is 1.61. The summed E-state index contributed by atoms with van der Waals surface area (Å²) in [6.45, 7) is 2.06. The molecule has 0 atom stereocenters. The zero-order chi connectivity index (χ0) is 10.8. The molecule has 0 aliphatic carbocycles. The number of hydrogen-bond donors (Lipinski definition) is 1. The normalized spacial score (nSPS) is 9.88. The van der Waals surface area contributed by atoms with Crippen molar-refractivity contribution in [2.45, 2.75) is 6.92 Å². The first-order valence-electron chi connectivity index (χ1n) is 4.52. The largest absolute Gasteiger partial charge is 0.462 e. The van der Waals surface area contributed by atoms with Crippen molar-refractivity contribution in [3.63, 3.8) is 0 Å². The average Bonchev–Trinajstić information content (AvgIpc) is 2.67. The van der Waals surface area contributed by atoms with E-state index in [9.17, 15) is 4.79 Å². The van der Waals surface area contributed by atoms with Gasteiger partial charge in [0.05, 0.1) is 17.2 Å². The van der Waals surface area contributed by atoms with Crippen molar-refractivity contribution < 1.29 is 9.53 Å². The quantitative estimate of drug-likeness (QED) is 0.845. The van der Waals surface area contributed by atoms with Crippen LogP contribution in [0.5, 0.6) is 0 Å². The molecule has 0 aromatic carbocycles. The van der Waals surface area contributed by atoms with Gasteiger partial charge < -0.3 is 9.72 Å². The molecule has 0 saturated heterocycles. The number of aromatic amines is 1. The van der Waals surface area contributed by atoms with Crippen LogP contribution in [0, 0.1) is 0 Å². The molecule has 0 bridgehead atoms. The van der Waals surface area contributed by atoms with E-state index in [1.807, 2.05) is 0 Å². The van der Waals surface area contributed by atoms with Gasteiger partial charge >= 0.3 is 5.97 Å². The first-order chi connectivity index (χ1) is 7.24. The molecule has 6 heteroatoms. The molecule has 2 aromatic heterocycles. The Morgan fingerprint density at radius 3 is 3.06 bits per heavy atom. The number of nitrogens with one attached hydrogen (secondary N) is 1. The SMILES string of the molecule is CCOC(=O)c1cnc2[nH]ccc2c1Cl.Cl. The summed E-state index contributed by atoms with van der Waals surface area (Å²) in [6, 6.07) is 1.77. The molecular formula is C10H10Cl2N2O2. The third kappa shape index (κ3) is 2.13. The predicted octanol–water partition coefficient (Wildman–Crippen LogP) is 2.81. The molecule has 0 fully saturated rings. The van der Waals surface area contributed by atoms with Gasteiger partial charge in [0.1, 0.15) is 5.65 Å². The van der Waals surface area contributed by atoms with Crippen molar-refractivity contribution in [2.75, 3.05) is 6.61 Å². The Bertz CT molecular complexity index is 510. The molecule has 0 spiro atoms. The van der Waals surface area contributed by atoms with Crippen molar-refractivity contribution in [1.82, 2.24) is 9.97 Å². The van der Waals surface area contributed by atoms with E-state index in [-0.39, 0.29) is 12.4 Å². The number of pyridine rings is 1. The minimum Gasteiger partial charge on any atom is -0.462 e. The highest BCUT2D eigenvalue weighted by Crippen LogP contribution is 2.25. The van der Waals surface area contributed by atoms with Gasteiger partial charge in [-0.25, -0.2) is 9.78 Å². The molecule has 2 heterocycles. The summed E-state index contributed by atoms with van der Waals surface area (Å²) in [5, 5.41) is 1.10. The molecular weight excluding hydrogens is 251 g/mol. The molecule has 86 valence electrons. The Morgan fingerprint density at radius 1 is 1.62 bits per heavy atom. The first-order valence-corrected chi connectivity index (χ1v) is 4.90. The van der Waals surface area contributed by atoms with E-state index in [0.717, 1.165) is 5.39 Å². The number of carbonyl (C=O) groups excluding carboxylic acids is 1. The van der Waals surface area contributed by atoms with E-state index in [1.54, 1.807) is 19.2 Å². The molecule has 4 nitrogen and oxygen atoms in total. The minimum atomic E-state index is -0.446. The number of rotatable bonds is 2. The molecule has 2 aromatic rings. The second-order valence-corrected chi connectivity index (χ2v) is 3.32. The van der Waals surface area contributed by atoms with Crippen LogP contribution in [0.25, 0.3) is 11.0 Å². The predicted molar refractivity (Wildman–Crippen MR) is 64.3 cm³/mol. The number of H-pyrrole nitrogens is 1. The number of carbonyl (C=O) groups is 1. The lowest BCUT2D eigenvalue weighted by atomic mass is 10.2. The van der Waals surface area contributed by atoms with E-state index in [2.05, 4.69) is 9.97 Å². The maximum atomic E-state index is 11.5. The lowest BCUT2D eigenvalue weighted by Crippen LogP contribution is -2.06. The van der Waals surface area contributed by atoms with Crippen LogP contribution < -0.4 is 0 Å². The fourth-order valence-electron chi connectivity index (χ4n) is 1.33. The lowest BCUT2D eigenvalue weighted by molar-refractivity contribution is 0.0526. The topological polar surface area (TPSA) is 55.0 Å². The van der Waals surface area contributed by atoms with E-state index < -0.39 is 5.97 Å². The number of nitrogens with zero attached hydrogens (tertiary/aromatic N) is 1. The summed E-state index contributed by atoms with van der Waals surface area (Å²) in [4.78, 5) is 18.4. The summed E-state index contributed by atoms with van der Waals surface area (Å²) in [7, 11) is 0. The molecule has 0 amide bonds. The Morgan fingerprint density at radius 2 is 2.38 bits per heavy atom. The van der Waals surface area contributed by atoms with Crippen molar-refractivity contribution in [2.24, 2.45) is 0 Å². The summed E-state index contributed by atoms with van der Waals surface area (Å²) in [5.41, 5.74) is 0.957. The molecule has 0 aliphatic heterocycles. The Hall–Kier alpha value is -1.26. The van der Waals surface area contributed by atoms with Crippen LogP contribution in [-0.4, -0.2) is 22.5 Å². The van der Waals surface area contributed by atoms with E-state index in [1.165, 1.54) is 6.20 Å². The summed E-state index contributed by atoms with van der Waals surface area (Å²) < 4.78 is 4.86. The highest BCUT2D eigenvalue weighted by molar-refractivity contribution is 6.38. The molecule has 2 rings (SSSR count). The average molecular weight is 261 g/mol. The Balaban J connectivity index is 0.00000128. The number of fused-ring (bicyclic) bond motifs is 1. The van der Waals surface area contributed by atoms with Crippen molar-refractivity contribution in [1.29, 1.82) is 0 Å². The Labute approximate surface area is 103 Å². The van der Waals surface area contributed by atoms with Gasteiger partial charge in [-0.2, -0.15) is 0 Å². The van der Waals surface area contributed by atoms with Crippen LogP contribution in [0.1, 0.15) is 17.3 Å². The standard InChI is InChI=1S/C10H9ClN2O2.ClH/c1-2-15-10(14)7-5-13-9-6(8(7)11)3-4-12-9;/h3-5H,2H2,1H3,(H,12,13);1H. The number of aromatic nitrogens is 2. The first kappa shape index (κ1) is 12.8. The van der Waals surface area contributed by atoms with E-state index in [4.69, 9.17) is 16.3 Å². The Kier molecular flexibility index (Phi) is 4.15. The van der Waals surface area contributed by atoms with Gasteiger partial charge in [-0.3, -0.25) is 0 Å². The third-order valence-corrected chi connectivity index (χ3v) is 2.42. The van der Waals surface area contributed by atoms with E-state index in [0.29, 0.717) is 22.8 Å². The van der Waals surface area contributed by atoms with Crippen LogP contribution in [0.4, 0.5) is 0 Å². The van der Waals surface area contributed by atoms with Crippen LogP contribution in [0.15, 0.2) is 18.5 Å². The van der Waals surface area contributed by atoms with Gasteiger partial charge in [-0.05, 0) is 13.0 Å². The van der Waals surface area contributed by atoms with Crippen molar-refractivity contribution in [3.05, 3.63) is 29.0 Å². The van der Waals surface area contributed by atoms with Gasteiger partial charge in [-0.15, -0.1) is 12.4 Å². The highest BCUT2D eigenvalue weighted by Gasteiger charge is 2.14. The highest BCUT2D eigenvalue weighted by atomic mass is 35.5. The van der Waals surface area contributed by atoms with Gasteiger partial charge in [0, 0.05) is 17.8 Å². The van der Waals surface area contributed by atoms with Gasteiger partial charge in [-0.1, -0.05) is 11.6 Å². The minimum absolute atomic E-state index is 0. The fraction of sp³-hybridized carbons (Fsp3) is 0.200. The second kappa shape index (κ2) is 5.18. The van der Waals surface area contributed by atoms with E-state index >= 15 is 0 Å². The summed E-state index contributed by atoms with van der Waals surface area (Å²) in [6.07, 6.45) is 3.14. The second-order valence-electron chi connectivity index (χ2n) is 2.95. The molecule has 0 saturated carbocycles. The molecule has 16 heavy (non-hydrogen) atoms. The maximum absolute atomic E-state index is 11.5. The molecule has 0 unspecified atom stereocenters. The van der Waals surface area contributed by atoms with Gasteiger partial charge in [0.25, 0.3) is 0 Å². The molecule has 1 N–H and O–H groups in total. The summed E-state index contributed by atoms with van der Waals surface area (Å²) >= 11 is 6.05. The van der Waals surface area contributed by atoms with Crippen molar-refractivity contribution in [3.8, 4) is 0 Å². The smallest absolute Gasteiger partial charge is 0.341 e. The number of halogens is 2.